The van der Waals surface area contributed by atoms with E-state index in [1.165, 1.54) is 6.07 Å². The SMILES string of the molecule is O=C(c1ccc(C(F)(F)F)nc1)N1CCC(CCCO)CC1. The molecule has 0 aromatic carbocycles. The first-order valence-corrected chi connectivity index (χ1v) is 7.35. The van der Waals surface area contributed by atoms with Crippen LogP contribution in [0.15, 0.2) is 18.3 Å². The predicted octanol–water partition coefficient (Wildman–Crippen LogP) is 2.73. The molecule has 1 fully saturated rings. The van der Waals surface area contributed by atoms with Crippen LogP contribution >= 0.6 is 0 Å². The molecule has 0 aliphatic carbocycles. The van der Waals surface area contributed by atoms with Crippen molar-refractivity contribution < 1.29 is 23.1 Å². The third-order valence-corrected chi connectivity index (χ3v) is 3.97. The molecule has 0 bridgehead atoms. The van der Waals surface area contributed by atoms with Crippen molar-refractivity contribution >= 4 is 5.91 Å². The highest BCUT2D eigenvalue weighted by atomic mass is 19.4. The number of carbonyl (C=O) groups excluding carboxylic acids is 1. The van der Waals surface area contributed by atoms with Crippen LogP contribution in [-0.2, 0) is 6.18 Å². The number of hydrogen-bond donors (Lipinski definition) is 1. The lowest BCUT2D eigenvalue weighted by atomic mass is 9.92. The van der Waals surface area contributed by atoms with Crippen LogP contribution in [0.25, 0.3) is 0 Å². The van der Waals surface area contributed by atoms with E-state index < -0.39 is 11.9 Å². The van der Waals surface area contributed by atoms with Gasteiger partial charge in [0.2, 0.25) is 0 Å². The Morgan fingerprint density at radius 2 is 2.00 bits per heavy atom. The van der Waals surface area contributed by atoms with E-state index in [4.69, 9.17) is 5.11 Å². The van der Waals surface area contributed by atoms with E-state index >= 15 is 0 Å². The van der Waals surface area contributed by atoms with Crippen molar-refractivity contribution in [3.63, 3.8) is 0 Å². The molecule has 22 heavy (non-hydrogen) atoms. The summed E-state index contributed by atoms with van der Waals surface area (Å²) < 4.78 is 37.3. The van der Waals surface area contributed by atoms with E-state index in [9.17, 15) is 18.0 Å². The van der Waals surface area contributed by atoms with Crippen LogP contribution in [0.4, 0.5) is 13.2 Å². The molecule has 0 saturated carbocycles. The maximum absolute atomic E-state index is 12.4. The number of likely N-dealkylation sites (tertiary alicyclic amines) is 1. The van der Waals surface area contributed by atoms with Crippen molar-refractivity contribution in [2.45, 2.75) is 31.9 Å². The van der Waals surface area contributed by atoms with Crippen LogP contribution in [0, 0.1) is 5.92 Å². The van der Waals surface area contributed by atoms with Crippen molar-refractivity contribution in [2.75, 3.05) is 19.7 Å². The Labute approximate surface area is 127 Å². The lowest BCUT2D eigenvalue weighted by Gasteiger charge is -2.32. The van der Waals surface area contributed by atoms with Crippen molar-refractivity contribution in [3.8, 4) is 0 Å². The number of aliphatic hydroxyl groups excluding tert-OH is 1. The average Bonchev–Trinajstić information content (AvgIpc) is 2.52. The van der Waals surface area contributed by atoms with Crippen LogP contribution in [0.1, 0.15) is 41.7 Å². The fourth-order valence-corrected chi connectivity index (χ4v) is 2.68. The zero-order valence-electron chi connectivity index (χ0n) is 12.1. The molecule has 2 rings (SSSR count). The number of piperidine rings is 1. The molecule has 7 heteroatoms. The normalized spacial score (nSPS) is 16.8. The second-order valence-corrected chi connectivity index (χ2v) is 5.53. The average molecular weight is 316 g/mol. The molecule has 1 saturated heterocycles. The molecule has 4 nitrogen and oxygen atoms in total. The van der Waals surface area contributed by atoms with E-state index in [0.29, 0.717) is 19.0 Å². The summed E-state index contributed by atoms with van der Waals surface area (Å²) in [5, 5.41) is 8.81. The molecule has 0 atom stereocenters. The summed E-state index contributed by atoms with van der Waals surface area (Å²) in [5.74, 6) is 0.226. The quantitative estimate of drug-likeness (QED) is 0.929. The van der Waals surface area contributed by atoms with Crippen LogP contribution in [0.2, 0.25) is 0 Å². The second-order valence-electron chi connectivity index (χ2n) is 5.53. The third kappa shape index (κ3) is 4.19. The molecular formula is C15H19F3N2O2. The fourth-order valence-electron chi connectivity index (χ4n) is 2.68. The van der Waals surface area contributed by atoms with E-state index in [1.807, 2.05) is 0 Å². The zero-order chi connectivity index (χ0) is 16.2. The van der Waals surface area contributed by atoms with E-state index in [-0.39, 0.29) is 18.1 Å². The number of hydrogen-bond acceptors (Lipinski definition) is 3. The van der Waals surface area contributed by atoms with Crippen LogP contribution in [-0.4, -0.2) is 40.6 Å². The smallest absolute Gasteiger partial charge is 0.396 e. The Morgan fingerprint density at radius 1 is 1.32 bits per heavy atom. The highest BCUT2D eigenvalue weighted by Crippen LogP contribution is 2.28. The first-order chi connectivity index (χ1) is 10.4. The molecular weight excluding hydrogens is 297 g/mol. The summed E-state index contributed by atoms with van der Waals surface area (Å²) in [6, 6.07) is 2.01. The Bertz CT molecular complexity index is 495. The van der Waals surface area contributed by atoms with E-state index in [2.05, 4.69) is 4.98 Å². The van der Waals surface area contributed by atoms with Crippen molar-refractivity contribution in [1.82, 2.24) is 9.88 Å². The molecule has 1 aliphatic rings. The number of rotatable bonds is 4. The molecule has 0 radical (unpaired) electrons. The molecule has 1 amide bonds. The highest BCUT2D eigenvalue weighted by Gasteiger charge is 2.32. The lowest BCUT2D eigenvalue weighted by Crippen LogP contribution is -2.38. The number of amides is 1. The van der Waals surface area contributed by atoms with Gasteiger partial charge in [-0.1, -0.05) is 0 Å². The molecule has 1 aliphatic heterocycles. The first-order valence-electron chi connectivity index (χ1n) is 7.35. The van der Waals surface area contributed by atoms with Gasteiger partial charge in [0.05, 0.1) is 5.56 Å². The fraction of sp³-hybridized carbons (Fsp3) is 0.600. The number of carbonyl (C=O) groups is 1. The van der Waals surface area contributed by atoms with Crippen molar-refractivity contribution in [2.24, 2.45) is 5.92 Å². The molecule has 1 aromatic heterocycles. The molecule has 1 aromatic rings. The lowest BCUT2D eigenvalue weighted by molar-refractivity contribution is -0.141. The summed E-state index contributed by atoms with van der Waals surface area (Å²) in [6.45, 7) is 1.36. The monoisotopic (exact) mass is 316 g/mol. The number of alkyl halides is 3. The van der Waals surface area contributed by atoms with E-state index in [0.717, 1.165) is 37.9 Å². The van der Waals surface area contributed by atoms with Gasteiger partial charge in [-0.15, -0.1) is 0 Å². The number of halogens is 3. The summed E-state index contributed by atoms with van der Waals surface area (Å²) in [6.07, 6.45) is -0.0724. The Kier molecular flexibility index (Phi) is 5.39. The Balaban J connectivity index is 1.92. The van der Waals surface area contributed by atoms with Gasteiger partial charge in [0.1, 0.15) is 5.69 Å². The summed E-state index contributed by atoms with van der Waals surface area (Å²) >= 11 is 0. The van der Waals surface area contributed by atoms with Gasteiger partial charge in [0, 0.05) is 25.9 Å². The molecule has 2 heterocycles. The summed E-state index contributed by atoms with van der Waals surface area (Å²) in [7, 11) is 0. The van der Waals surface area contributed by atoms with E-state index in [1.54, 1.807) is 4.90 Å². The number of aromatic nitrogens is 1. The summed E-state index contributed by atoms with van der Waals surface area (Å²) in [4.78, 5) is 17.2. The zero-order valence-corrected chi connectivity index (χ0v) is 12.1. The summed E-state index contributed by atoms with van der Waals surface area (Å²) in [5.41, 5.74) is -0.812. The van der Waals surface area contributed by atoms with Gasteiger partial charge in [-0.25, -0.2) is 0 Å². The Morgan fingerprint density at radius 3 is 2.50 bits per heavy atom. The molecule has 1 N–H and O–H groups in total. The van der Waals surface area contributed by atoms with Crippen molar-refractivity contribution in [3.05, 3.63) is 29.6 Å². The number of nitrogens with zero attached hydrogens (tertiary/aromatic N) is 2. The molecule has 0 spiro atoms. The number of pyridine rings is 1. The van der Waals surface area contributed by atoms with Gasteiger partial charge in [-0.2, -0.15) is 13.2 Å². The third-order valence-electron chi connectivity index (χ3n) is 3.97. The number of aliphatic hydroxyl groups is 1. The van der Waals surface area contributed by atoms with Gasteiger partial charge in [-0.05, 0) is 43.7 Å². The Hall–Kier alpha value is -1.63. The first kappa shape index (κ1) is 16.7. The van der Waals surface area contributed by atoms with Gasteiger partial charge in [-0.3, -0.25) is 9.78 Å². The highest BCUT2D eigenvalue weighted by molar-refractivity contribution is 5.94. The predicted molar refractivity (Wildman–Crippen MR) is 74.2 cm³/mol. The maximum atomic E-state index is 12.4. The minimum absolute atomic E-state index is 0.177. The van der Waals surface area contributed by atoms with Crippen LogP contribution < -0.4 is 0 Å². The largest absolute Gasteiger partial charge is 0.433 e. The second kappa shape index (κ2) is 7.09. The van der Waals surface area contributed by atoms with Crippen LogP contribution in [0.3, 0.4) is 0 Å². The molecule has 0 unspecified atom stereocenters. The van der Waals surface area contributed by atoms with Gasteiger partial charge < -0.3 is 10.0 Å². The van der Waals surface area contributed by atoms with Gasteiger partial charge in [0.15, 0.2) is 0 Å². The van der Waals surface area contributed by atoms with Gasteiger partial charge >= 0.3 is 6.18 Å². The topological polar surface area (TPSA) is 53.4 Å². The van der Waals surface area contributed by atoms with Gasteiger partial charge in [0.25, 0.3) is 5.91 Å². The molecule has 122 valence electrons. The standard InChI is InChI=1S/C15H19F3N2O2/c16-15(17,18)13-4-3-12(10-19-13)14(22)20-7-5-11(6-8-20)2-1-9-21/h3-4,10-11,21H,1-2,5-9H2. The minimum atomic E-state index is -4.49. The minimum Gasteiger partial charge on any atom is -0.396 e. The maximum Gasteiger partial charge on any atom is 0.433 e. The van der Waals surface area contributed by atoms with Crippen LogP contribution in [0.5, 0.6) is 0 Å². The van der Waals surface area contributed by atoms with Crippen molar-refractivity contribution in [1.29, 1.82) is 0 Å².